The molecule has 1 aliphatic heterocycles. The molecule has 112 valence electrons. The van der Waals surface area contributed by atoms with Crippen LogP contribution in [-0.2, 0) is 9.59 Å². The molecule has 0 spiro atoms. The molecule has 7 nitrogen and oxygen atoms in total. The lowest BCUT2D eigenvalue weighted by Gasteiger charge is -2.37. The number of primary amides is 1. The number of anilines is 1. The third-order valence-electron chi connectivity index (χ3n) is 3.25. The third kappa shape index (κ3) is 3.08. The molecule has 2 amide bonds. The molecule has 1 unspecified atom stereocenters. The highest BCUT2D eigenvalue weighted by molar-refractivity contribution is 6.34. The number of piperazine rings is 1. The first-order chi connectivity index (χ1) is 9.91. The van der Waals surface area contributed by atoms with Gasteiger partial charge in [0.15, 0.2) is 0 Å². The van der Waals surface area contributed by atoms with Crippen LogP contribution in [0.15, 0.2) is 18.2 Å². The first-order valence-electron chi connectivity index (χ1n) is 6.26. The lowest BCUT2D eigenvalue weighted by atomic mass is 10.0. The van der Waals surface area contributed by atoms with Crippen LogP contribution in [-0.4, -0.2) is 42.0 Å². The summed E-state index contributed by atoms with van der Waals surface area (Å²) in [6, 6.07) is 3.82. The minimum Gasteiger partial charge on any atom is -0.481 e. The average Bonchev–Trinajstić information content (AvgIpc) is 2.40. The Labute approximate surface area is 125 Å². The molecule has 21 heavy (non-hydrogen) atoms. The quantitative estimate of drug-likeness (QED) is 0.736. The van der Waals surface area contributed by atoms with Crippen LogP contribution in [0.4, 0.5) is 5.69 Å². The van der Waals surface area contributed by atoms with Crippen LogP contribution in [0.1, 0.15) is 16.8 Å². The van der Waals surface area contributed by atoms with Crippen molar-refractivity contribution in [3.63, 3.8) is 0 Å². The second-order valence-electron chi connectivity index (χ2n) is 4.60. The van der Waals surface area contributed by atoms with Gasteiger partial charge in [-0.15, -0.1) is 0 Å². The highest BCUT2D eigenvalue weighted by Gasteiger charge is 2.33. The van der Waals surface area contributed by atoms with Gasteiger partial charge in [0.2, 0.25) is 5.91 Å². The molecule has 8 heteroatoms. The first-order valence-corrected chi connectivity index (χ1v) is 6.64. The van der Waals surface area contributed by atoms with E-state index in [-0.39, 0.29) is 17.0 Å². The molecular weight excluding hydrogens is 298 g/mol. The van der Waals surface area contributed by atoms with Gasteiger partial charge in [-0.25, -0.2) is 0 Å². The first kappa shape index (κ1) is 15.1. The Morgan fingerprint density at radius 1 is 1.48 bits per heavy atom. The lowest BCUT2D eigenvalue weighted by molar-refractivity contribution is -0.139. The molecule has 0 aliphatic carbocycles. The number of nitrogens with two attached hydrogens (primary N) is 1. The summed E-state index contributed by atoms with van der Waals surface area (Å²) in [5.74, 6) is -2.24. The number of carbonyl (C=O) groups is 3. The molecule has 4 N–H and O–H groups in total. The number of aliphatic carboxylic acids is 1. The van der Waals surface area contributed by atoms with E-state index in [1.54, 1.807) is 17.0 Å². The second-order valence-corrected chi connectivity index (χ2v) is 5.00. The molecule has 1 aromatic rings. The number of hydrogen-bond donors (Lipinski definition) is 3. The van der Waals surface area contributed by atoms with E-state index in [2.05, 4.69) is 5.32 Å². The van der Waals surface area contributed by atoms with Gasteiger partial charge in [-0.1, -0.05) is 17.7 Å². The normalized spacial score (nSPS) is 18.2. The molecule has 2 rings (SSSR count). The maximum Gasteiger partial charge on any atom is 0.305 e. The summed E-state index contributed by atoms with van der Waals surface area (Å²) in [6.07, 6.45) is -0.378. The van der Waals surface area contributed by atoms with Gasteiger partial charge in [0.1, 0.15) is 6.04 Å². The van der Waals surface area contributed by atoms with Gasteiger partial charge in [-0.3, -0.25) is 14.4 Å². The molecule has 1 aromatic carbocycles. The molecule has 0 bridgehead atoms. The number of benzene rings is 1. The van der Waals surface area contributed by atoms with Crippen molar-refractivity contribution in [1.29, 1.82) is 0 Å². The maximum atomic E-state index is 11.9. The Balaban J connectivity index is 2.47. The fourth-order valence-electron chi connectivity index (χ4n) is 2.37. The highest BCUT2D eigenvalue weighted by Crippen LogP contribution is 2.30. The Morgan fingerprint density at radius 3 is 2.81 bits per heavy atom. The summed E-state index contributed by atoms with van der Waals surface area (Å²) in [7, 11) is 0. The predicted molar refractivity (Wildman–Crippen MR) is 76.4 cm³/mol. The smallest absolute Gasteiger partial charge is 0.305 e. The van der Waals surface area contributed by atoms with Crippen LogP contribution in [0.5, 0.6) is 0 Å². The summed E-state index contributed by atoms with van der Waals surface area (Å²) in [6.45, 7) is 0.712. The summed E-state index contributed by atoms with van der Waals surface area (Å²) in [5.41, 5.74) is 5.80. The van der Waals surface area contributed by atoms with Crippen LogP contribution < -0.4 is 16.0 Å². The number of carboxylic acids is 1. The van der Waals surface area contributed by atoms with E-state index in [1.807, 2.05) is 0 Å². The van der Waals surface area contributed by atoms with Crippen molar-refractivity contribution in [2.24, 2.45) is 5.73 Å². The Bertz CT molecular complexity index is 605. The second kappa shape index (κ2) is 6.01. The van der Waals surface area contributed by atoms with Gasteiger partial charge in [-0.05, 0) is 12.1 Å². The van der Waals surface area contributed by atoms with Crippen molar-refractivity contribution in [3.05, 3.63) is 28.8 Å². The van der Waals surface area contributed by atoms with Gasteiger partial charge >= 0.3 is 5.97 Å². The summed E-state index contributed by atoms with van der Waals surface area (Å²) >= 11 is 5.99. The molecule has 1 saturated heterocycles. The predicted octanol–water partition coefficient (Wildman–Crippen LogP) is 0.218. The largest absolute Gasteiger partial charge is 0.481 e. The minimum atomic E-state index is -1.11. The van der Waals surface area contributed by atoms with E-state index in [0.29, 0.717) is 18.8 Å². The standard InChI is InChI=1S/C13H14ClN3O4/c14-7-2-1-3-8(11(7)12(15)20)17-5-4-16-13(21)9(17)6-10(18)19/h1-3,9H,4-6H2,(H2,15,20)(H,16,21)(H,18,19). The van der Waals surface area contributed by atoms with Crippen molar-refractivity contribution in [3.8, 4) is 0 Å². The molecule has 0 radical (unpaired) electrons. The maximum absolute atomic E-state index is 11.9. The number of carbonyl (C=O) groups excluding carboxylic acids is 2. The topological polar surface area (TPSA) is 113 Å². The number of amides is 2. The Kier molecular flexibility index (Phi) is 4.32. The van der Waals surface area contributed by atoms with Gasteiger partial charge in [0.25, 0.3) is 5.91 Å². The highest BCUT2D eigenvalue weighted by atomic mass is 35.5. The number of carboxylic acid groups (broad SMARTS) is 1. The fourth-order valence-corrected chi connectivity index (χ4v) is 2.63. The van der Waals surface area contributed by atoms with Crippen molar-refractivity contribution < 1.29 is 19.5 Å². The zero-order valence-electron chi connectivity index (χ0n) is 11.0. The molecular formula is C13H14ClN3O4. The van der Waals surface area contributed by atoms with Crippen molar-refractivity contribution in [2.75, 3.05) is 18.0 Å². The van der Waals surface area contributed by atoms with Crippen LogP contribution in [0.2, 0.25) is 5.02 Å². The lowest BCUT2D eigenvalue weighted by Crippen LogP contribution is -2.56. The summed E-state index contributed by atoms with van der Waals surface area (Å²) in [4.78, 5) is 36.0. The number of halogens is 1. The van der Waals surface area contributed by atoms with E-state index in [1.165, 1.54) is 6.07 Å². The summed E-state index contributed by atoms with van der Waals surface area (Å²) in [5, 5.41) is 11.7. The number of nitrogens with one attached hydrogen (secondary N) is 1. The minimum absolute atomic E-state index is 0.0873. The molecule has 1 heterocycles. The van der Waals surface area contributed by atoms with Crippen LogP contribution in [0.3, 0.4) is 0 Å². The van der Waals surface area contributed by atoms with Gasteiger partial charge in [-0.2, -0.15) is 0 Å². The van der Waals surface area contributed by atoms with Gasteiger partial charge in [0, 0.05) is 13.1 Å². The number of rotatable bonds is 4. The van der Waals surface area contributed by atoms with E-state index in [9.17, 15) is 14.4 Å². The Hall–Kier alpha value is -2.28. The fraction of sp³-hybridized carbons (Fsp3) is 0.308. The van der Waals surface area contributed by atoms with E-state index in [0.717, 1.165) is 0 Å². The average molecular weight is 312 g/mol. The van der Waals surface area contributed by atoms with Crippen LogP contribution in [0, 0.1) is 0 Å². The molecule has 1 atom stereocenters. The van der Waals surface area contributed by atoms with E-state index < -0.39 is 23.8 Å². The number of hydrogen-bond acceptors (Lipinski definition) is 4. The van der Waals surface area contributed by atoms with Gasteiger partial charge in [0.05, 0.1) is 22.7 Å². The van der Waals surface area contributed by atoms with E-state index >= 15 is 0 Å². The van der Waals surface area contributed by atoms with Gasteiger partial charge < -0.3 is 21.1 Å². The third-order valence-corrected chi connectivity index (χ3v) is 3.56. The molecule has 0 aromatic heterocycles. The Morgan fingerprint density at radius 2 is 2.19 bits per heavy atom. The van der Waals surface area contributed by atoms with Crippen molar-refractivity contribution >= 4 is 35.1 Å². The number of nitrogens with zero attached hydrogens (tertiary/aromatic N) is 1. The molecule has 1 aliphatic rings. The van der Waals surface area contributed by atoms with Crippen LogP contribution >= 0.6 is 11.6 Å². The van der Waals surface area contributed by atoms with Crippen LogP contribution in [0.25, 0.3) is 0 Å². The van der Waals surface area contributed by atoms with E-state index in [4.69, 9.17) is 22.4 Å². The zero-order valence-corrected chi connectivity index (χ0v) is 11.8. The summed E-state index contributed by atoms with van der Waals surface area (Å²) < 4.78 is 0. The molecule has 1 fully saturated rings. The van der Waals surface area contributed by atoms with Crippen molar-refractivity contribution in [1.82, 2.24) is 5.32 Å². The van der Waals surface area contributed by atoms with Crippen molar-refractivity contribution in [2.45, 2.75) is 12.5 Å². The monoisotopic (exact) mass is 311 g/mol. The zero-order chi connectivity index (χ0) is 15.6. The molecule has 0 saturated carbocycles. The SMILES string of the molecule is NC(=O)c1c(Cl)cccc1N1CCNC(=O)C1CC(=O)O.